The number of benzene rings is 2. The van der Waals surface area contributed by atoms with E-state index in [4.69, 9.17) is 4.74 Å². The highest BCUT2D eigenvalue weighted by Crippen LogP contribution is 2.15. The molecule has 2 aromatic carbocycles. The van der Waals surface area contributed by atoms with Crippen molar-refractivity contribution in [1.82, 2.24) is 9.97 Å². The van der Waals surface area contributed by atoms with Gasteiger partial charge in [-0.2, -0.15) is 0 Å². The second kappa shape index (κ2) is 5.36. The molecule has 0 radical (unpaired) electrons. The van der Waals surface area contributed by atoms with Crippen molar-refractivity contribution in [3.8, 4) is 5.75 Å². The van der Waals surface area contributed by atoms with Gasteiger partial charge in [-0.3, -0.25) is 4.79 Å². The van der Waals surface area contributed by atoms with E-state index in [9.17, 15) is 9.18 Å². The van der Waals surface area contributed by atoms with Crippen molar-refractivity contribution in [1.29, 1.82) is 0 Å². The van der Waals surface area contributed by atoms with Gasteiger partial charge in [0, 0.05) is 6.42 Å². The molecule has 4 nitrogen and oxygen atoms in total. The molecular formula is C16H13FN2O2. The van der Waals surface area contributed by atoms with Crippen LogP contribution in [0, 0.1) is 5.82 Å². The number of aromatic amines is 1. The number of methoxy groups -OCH3 is 1. The second-order valence-electron chi connectivity index (χ2n) is 4.70. The van der Waals surface area contributed by atoms with Gasteiger partial charge >= 0.3 is 0 Å². The fourth-order valence-electron chi connectivity index (χ4n) is 2.22. The molecule has 0 aliphatic heterocycles. The Morgan fingerprint density at radius 2 is 2.10 bits per heavy atom. The average molecular weight is 284 g/mol. The van der Waals surface area contributed by atoms with E-state index < -0.39 is 5.82 Å². The molecule has 21 heavy (non-hydrogen) atoms. The van der Waals surface area contributed by atoms with E-state index in [0.717, 1.165) is 11.3 Å². The summed E-state index contributed by atoms with van der Waals surface area (Å²) in [5.41, 5.74) is 1.12. The number of H-pyrrole nitrogens is 1. The number of fused-ring (bicyclic) bond motifs is 1. The topological polar surface area (TPSA) is 55.0 Å². The van der Waals surface area contributed by atoms with Gasteiger partial charge < -0.3 is 9.72 Å². The molecule has 0 atom stereocenters. The van der Waals surface area contributed by atoms with Gasteiger partial charge in [-0.05, 0) is 35.9 Å². The SMILES string of the molecule is COc1cccc(Cc2nc3ccc(F)cc3c(=O)[nH]2)c1. The maximum absolute atomic E-state index is 13.2. The molecule has 0 spiro atoms. The van der Waals surface area contributed by atoms with Crippen LogP contribution in [0.5, 0.6) is 5.75 Å². The van der Waals surface area contributed by atoms with Crippen LogP contribution >= 0.6 is 0 Å². The van der Waals surface area contributed by atoms with E-state index in [1.165, 1.54) is 18.2 Å². The van der Waals surface area contributed by atoms with Gasteiger partial charge in [0.1, 0.15) is 17.4 Å². The van der Waals surface area contributed by atoms with E-state index in [2.05, 4.69) is 9.97 Å². The molecule has 0 saturated carbocycles. The second-order valence-corrected chi connectivity index (χ2v) is 4.70. The summed E-state index contributed by atoms with van der Waals surface area (Å²) in [7, 11) is 1.60. The van der Waals surface area contributed by atoms with Crippen LogP contribution in [-0.2, 0) is 6.42 Å². The van der Waals surface area contributed by atoms with Crippen LogP contribution in [0.3, 0.4) is 0 Å². The van der Waals surface area contributed by atoms with Crippen molar-refractivity contribution in [3.63, 3.8) is 0 Å². The molecule has 3 rings (SSSR count). The Balaban J connectivity index is 2.01. The van der Waals surface area contributed by atoms with Gasteiger partial charge in [-0.15, -0.1) is 0 Å². The smallest absolute Gasteiger partial charge is 0.258 e. The summed E-state index contributed by atoms with van der Waals surface area (Å²) in [6.45, 7) is 0. The van der Waals surface area contributed by atoms with Gasteiger partial charge in [0.2, 0.25) is 0 Å². The Bertz CT molecular complexity index is 858. The number of rotatable bonds is 3. The number of aromatic nitrogens is 2. The normalized spacial score (nSPS) is 10.8. The first-order chi connectivity index (χ1) is 10.2. The number of hydrogen-bond donors (Lipinski definition) is 1. The van der Waals surface area contributed by atoms with Gasteiger partial charge in [-0.25, -0.2) is 9.37 Å². The Morgan fingerprint density at radius 1 is 1.24 bits per heavy atom. The molecule has 5 heteroatoms. The zero-order valence-electron chi connectivity index (χ0n) is 11.4. The molecule has 3 aromatic rings. The molecule has 0 amide bonds. The summed E-state index contributed by atoms with van der Waals surface area (Å²) >= 11 is 0. The number of halogens is 1. The predicted molar refractivity (Wildman–Crippen MR) is 78.1 cm³/mol. The monoisotopic (exact) mass is 284 g/mol. The van der Waals surface area contributed by atoms with Gasteiger partial charge in [0.15, 0.2) is 0 Å². The first kappa shape index (κ1) is 13.3. The van der Waals surface area contributed by atoms with Crippen molar-refractivity contribution in [2.24, 2.45) is 0 Å². The lowest BCUT2D eigenvalue weighted by molar-refractivity contribution is 0.414. The average Bonchev–Trinajstić information content (AvgIpc) is 2.48. The molecule has 0 aliphatic rings. The highest BCUT2D eigenvalue weighted by atomic mass is 19.1. The molecule has 0 saturated heterocycles. The third-order valence-electron chi connectivity index (χ3n) is 3.22. The zero-order chi connectivity index (χ0) is 14.8. The summed E-state index contributed by atoms with van der Waals surface area (Å²) in [6.07, 6.45) is 0.472. The van der Waals surface area contributed by atoms with E-state index in [0.29, 0.717) is 17.8 Å². The first-order valence-corrected chi connectivity index (χ1v) is 6.47. The summed E-state index contributed by atoms with van der Waals surface area (Å²) in [4.78, 5) is 19.0. The van der Waals surface area contributed by atoms with Crippen molar-refractivity contribution in [2.45, 2.75) is 6.42 Å². The molecule has 0 aliphatic carbocycles. The van der Waals surface area contributed by atoms with Gasteiger partial charge in [0.25, 0.3) is 5.56 Å². The lowest BCUT2D eigenvalue weighted by Gasteiger charge is -2.05. The fraction of sp³-hybridized carbons (Fsp3) is 0.125. The minimum atomic E-state index is -0.449. The number of hydrogen-bond acceptors (Lipinski definition) is 3. The van der Waals surface area contributed by atoms with Crippen molar-refractivity contribution in [3.05, 3.63) is 70.0 Å². The lowest BCUT2D eigenvalue weighted by atomic mass is 10.1. The van der Waals surface area contributed by atoms with Crippen LogP contribution in [0.2, 0.25) is 0 Å². The number of ether oxygens (including phenoxy) is 1. The molecule has 0 unspecified atom stereocenters. The molecule has 1 aromatic heterocycles. The minimum absolute atomic E-state index is 0.254. The first-order valence-electron chi connectivity index (χ1n) is 6.47. The van der Waals surface area contributed by atoms with Crippen molar-refractivity contribution < 1.29 is 9.13 Å². The van der Waals surface area contributed by atoms with Gasteiger partial charge in [-0.1, -0.05) is 12.1 Å². The summed E-state index contributed by atoms with van der Waals surface area (Å²) < 4.78 is 18.3. The summed E-state index contributed by atoms with van der Waals surface area (Å²) in [5.74, 6) is 0.834. The third-order valence-corrected chi connectivity index (χ3v) is 3.22. The van der Waals surface area contributed by atoms with Crippen LogP contribution in [0.4, 0.5) is 4.39 Å². The van der Waals surface area contributed by atoms with E-state index in [1.54, 1.807) is 7.11 Å². The lowest BCUT2D eigenvalue weighted by Crippen LogP contribution is -2.12. The quantitative estimate of drug-likeness (QED) is 0.804. The summed E-state index contributed by atoms with van der Waals surface area (Å²) in [5, 5.41) is 0.254. The van der Waals surface area contributed by atoms with Crippen LogP contribution in [0.15, 0.2) is 47.3 Å². The molecule has 1 N–H and O–H groups in total. The van der Waals surface area contributed by atoms with Gasteiger partial charge in [0.05, 0.1) is 18.0 Å². The summed E-state index contributed by atoms with van der Waals surface area (Å²) in [6, 6.07) is 11.5. The number of nitrogens with one attached hydrogen (secondary N) is 1. The zero-order valence-corrected chi connectivity index (χ0v) is 11.4. The van der Waals surface area contributed by atoms with Crippen molar-refractivity contribution in [2.75, 3.05) is 7.11 Å². The maximum Gasteiger partial charge on any atom is 0.258 e. The molecular weight excluding hydrogens is 271 g/mol. The van der Waals surface area contributed by atoms with Crippen LogP contribution in [-0.4, -0.2) is 17.1 Å². The standard InChI is InChI=1S/C16H13FN2O2/c1-21-12-4-2-3-10(7-12)8-15-18-14-6-5-11(17)9-13(14)16(20)19-15/h2-7,9H,8H2,1H3,(H,18,19,20). The predicted octanol–water partition coefficient (Wildman–Crippen LogP) is 2.66. The van der Waals surface area contributed by atoms with Crippen molar-refractivity contribution >= 4 is 10.9 Å². The van der Waals surface area contributed by atoms with Crippen LogP contribution in [0.25, 0.3) is 10.9 Å². The molecule has 106 valence electrons. The number of nitrogens with zero attached hydrogens (tertiary/aromatic N) is 1. The third kappa shape index (κ3) is 2.76. The maximum atomic E-state index is 13.2. The Labute approximate surface area is 120 Å². The Morgan fingerprint density at radius 3 is 2.90 bits per heavy atom. The molecule has 1 heterocycles. The highest BCUT2D eigenvalue weighted by Gasteiger charge is 2.06. The largest absolute Gasteiger partial charge is 0.497 e. The Hall–Kier alpha value is -2.69. The van der Waals surface area contributed by atoms with Crippen LogP contribution < -0.4 is 10.3 Å². The molecule has 0 bridgehead atoms. The minimum Gasteiger partial charge on any atom is -0.497 e. The fourth-order valence-corrected chi connectivity index (χ4v) is 2.22. The van der Waals surface area contributed by atoms with Crippen LogP contribution in [0.1, 0.15) is 11.4 Å². The van der Waals surface area contributed by atoms with E-state index in [-0.39, 0.29) is 10.9 Å². The Kier molecular flexibility index (Phi) is 3.39. The molecule has 0 fully saturated rings. The highest BCUT2D eigenvalue weighted by molar-refractivity contribution is 5.77. The van der Waals surface area contributed by atoms with E-state index >= 15 is 0 Å². The van der Waals surface area contributed by atoms with E-state index in [1.807, 2.05) is 24.3 Å².